The maximum Gasteiger partial charge on any atom is 0.333 e. The van der Waals surface area contributed by atoms with Crippen molar-refractivity contribution in [1.29, 1.82) is 0 Å². The van der Waals surface area contributed by atoms with Crippen LogP contribution >= 0.6 is 0 Å². The molecule has 0 amide bonds. The van der Waals surface area contributed by atoms with Gasteiger partial charge in [0.1, 0.15) is 0 Å². The molecule has 0 bridgehead atoms. The highest BCUT2D eigenvalue weighted by Gasteiger charge is 2.34. The third-order valence-corrected chi connectivity index (χ3v) is 3.89. The van der Waals surface area contributed by atoms with Crippen LogP contribution in [0.2, 0.25) is 0 Å². The van der Waals surface area contributed by atoms with Crippen LogP contribution in [0.5, 0.6) is 0 Å². The lowest BCUT2D eigenvalue weighted by molar-refractivity contribution is -0.178. The van der Waals surface area contributed by atoms with Crippen LogP contribution in [0, 0.1) is 17.8 Å². The third kappa shape index (κ3) is 3.09. The smallest absolute Gasteiger partial charge is 0.333 e. The zero-order valence-electron chi connectivity index (χ0n) is 10.9. The SMILES string of the molecule is CC(C)[C@H]1CC[C@@H](C)C[C@H]1O[C@@H]1C=CC(=O)O1. The Bertz CT molecular complexity index is 309. The lowest BCUT2D eigenvalue weighted by atomic mass is 9.75. The van der Waals surface area contributed by atoms with Gasteiger partial charge >= 0.3 is 5.97 Å². The van der Waals surface area contributed by atoms with Crippen LogP contribution < -0.4 is 0 Å². The van der Waals surface area contributed by atoms with Gasteiger partial charge in [-0.1, -0.05) is 27.2 Å². The topological polar surface area (TPSA) is 35.5 Å². The van der Waals surface area contributed by atoms with E-state index in [-0.39, 0.29) is 12.1 Å². The molecule has 1 saturated carbocycles. The predicted octanol–water partition coefficient (Wildman–Crippen LogP) is 2.90. The van der Waals surface area contributed by atoms with Gasteiger partial charge in [-0.15, -0.1) is 0 Å². The van der Waals surface area contributed by atoms with Gasteiger partial charge in [-0.3, -0.25) is 0 Å². The van der Waals surface area contributed by atoms with Crippen molar-refractivity contribution in [2.24, 2.45) is 17.8 Å². The first-order chi connectivity index (χ1) is 8.06. The van der Waals surface area contributed by atoms with Gasteiger partial charge in [-0.2, -0.15) is 0 Å². The van der Waals surface area contributed by atoms with Crippen molar-refractivity contribution in [3.63, 3.8) is 0 Å². The fourth-order valence-electron chi connectivity index (χ4n) is 2.87. The fraction of sp³-hybridized carbons (Fsp3) is 0.786. The van der Waals surface area contributed by atoms with Crippen molar-refractivity contribution >= 4 is 5.97 Å². The fourth-order valence-corrected chi connectivity index (χ4v) is 2.87. The molecule has 17 heavy (non-hydrogen) atoms. The first-order valence-electron chi connectivity index (χ1n) is 6.60. The summed E-state index contributed by atoms with van der Waals surface area (Å²) in [6.07, 6.45) is 6.49. The van der Waals surface area contributed by atoms with E-state index >= 15 is 0 Å². The van der Waals surface area contributed by atoms with Crippen molar-refractivity contribution in [2.45, 2.75) is 52.4 Å². The molecule has 0 unspecified atom stereocenters. The van der Waals surface area contributed by atoms with E-state index in [4.69, 9.17) is 9.47 Å². The van der Waals surface area contributed by atoms with Crippen molar-refractivity contribution in [3.8, 4) is 0 Å². The second-order valence-corrected chi connectivity index (χ2v) is 5.67. The van der Waals surface area contributed by atoms with Crippen molar-refractivity contribution < 1.29 is 14.3 Å². The number of carbonyl (C=O) groups excluding carboxylic acids is 1. The van der Waals surface area contributed by atoms with Crippen LogP contribution in [-0.4, -0.2) is 18.4 Å². The van der Waals surface area contributed by atoms with Gasteiger partial charge in [0.25, 0.3) is 0 Å². The Labute approximate surface area is 103 Å². The molecule has 0 saturated heterocycles. The van der Waals surface area contributed by atoms with Gasteiger partial charge in [0, 0.05) is 6.08 Å². The molecule has 0 aromatic carbocycles. The Balaban J connectivity index is 1.95. The summed E-state index contributed by atoms with van der Waals surface area (Å²) in [5.74, 6) is 1.61. The molecule has 1 aliphatic heterocycles. The standard InChI is InChI=1S/C14H22O3/c1-9(2)11-5-4-10(3)8-12(11)16-14-7-6-13(15)17-14/h6-7,9-12,14H,4-5,8H2,1-3H3/t10-,11-,12-,14+/m1/s1. The molecule has 1 fully saturated rings. The predicted molar refractivity (Wildman–Crippen MR) is 65.2 cm³/mol. The molecule has 96 valence electrons. The van der Waals surface area contributed by atoms with E-state index in [2.05, 4.69) is 20.8 Å². The maximum atomic E-state index is 11.0. The lowest BCUT2D eigenvalue weighted by Crippen LogP contribution is -2.36. The summed E-state index contributed by atoms with van der Waals surface area (Å²) in [4.78, 5) is 11.0. The molecular formula is C14H22O3. The van der Waals surface area contributed by atoms with Crippen LogP contribution in [0.15, 0.2) is 12.2 Å². The van der Waals surface area contributed by atoms with E-state index in [0.29, 0.717) is 17.8 Å². The minimum absolute atomic E-state index is 0.222. The van der Waals surface area contributed by atoms with E-state index < -0.39 is 6.29 Å². The number of hydrogen-bond donors (Lipinski definition) is 0. The normalized spacial score (nSPS) is 37.5. The van der Waals surface area contributed by atoms with E-state index in [9.17, 15) is 4.79 Å². The average molecular weight is 238 g/mol. The van der Waals surface area contributed by atoms with Crippen LogP contribution in [0.1, 0.15) is 40.0 Å². The molecule has 0 aromatic rings. The number of hydrogen-bond acceptors (Lipinski definition) is 3. The molecule has 0 spiro atoms. The summed E-state index contributed by atoms with van der Waals surface area (Å²) < 4.78 is 11.0. The van der Waals surface area contributed by atoms with Crippen molar-refractivity contribution in [3.05, 3.63) is 12.2 Å². The number of carbonyl (C=O) groups is 1. The summed E-state index contributed by atoms with van der Waals surface area (Å²) in [6.45, 7) is 6.75. The summed E-state index contributed by atoms with van der Waals surface area (Å²) >= 11 is 0. The molecule has 1 aliphatic carbocycles. The Kier molecular flexibility index (Phi) is 3.87. The number of esters is 1. The van der Waals surface area contributed by atoms with Gasteiger partial charge in [0.05, 0.1) is 6.10 Å². The highest BCUT2D eigenvalue weighted by molar-refractivity contribution is 5.84. The first kappa shape index (κ1) is 12.6. The average Bonchev–Trinajstić information content (AvgIpc) is 2.63. The summed E-state index contributed by atoms with van der Waals surface area (Å²) in [6, 6.07) is 0. The lowest BCUT2D eigenvalue weighted by Gasteiger charge is -2.37. The monoisotopic (exact) mass is 238 g/mol. The van der Waals surface area contributed by atoms with E-state index in [1.807, 2.05) is 0 Å². The molecule has 1 heterocycles. The Hall–Kier alpha value is -0.830. The summed E-state index contributed by atoms with van der Waals surface area (Å²) in [5, 5.41) is 0. The van der Waals surface area contributed by atoms with Gasteiger partial charge < -0.3 is 9.47 Å². The second-order valence-electron chi connectivity index (χ2n) is 5.67. The van der Waals surface area contributed by atoms with Gasteiger partial charge in [-0.25, -0.2) is 4.79 Å². The highest BCUT2D eigenvalue weighted by Crippen LogP contribution is 2.36. The highest BCUT2D eigenvalue weighted by atomic mass is 16.7. The number of rotatable bonds is 3. The zero-order chi connectivity index (χ0) is 12.4. The van der Waals surface area contributed by atoms with Crippen LogP contribution in [-0.2, 0) is 14.3 Å². The molecule has 3 heteroatoms. The Morgan fingerprint density at radius 2 is 2.18 bits per heavy atom. The molecule has 2 aliphatic rings. The quantitative estimate of drug-likeness (QED) is 0.709. The van der Waals surface area contributed by atoms with E-state index in [1.54, 1.807) is 6.08 Å². The third-order valence-electron chi connectivity index (χ3n) is 3.89. The Morgan fingerprint density at radius 3 is 2.76 bits per heavy atom. The minimum atomic E-state index is -0.459. The van der Waals surface area contributed by atoms with E-state index in [0.717, 1.165) is 6.42 Å². The largest absolute Gasteiger partial charge is 0.429 e. The maximum absolute atomic E-state index is 11.0. The van der Waals surface area contributed by atoms with Crippen molar-refractivity contribution in [2.75, 3.05) is 0 Å². The Morgan fingerprint density at radius 1 is 1.41 bits per heavy atom. The van der Waals surface area contributed by atoms with Gasteiger partial charge in [-0.05, 0) is 36.7 Å². The summed E-state index contributed by atoms with van der Waals surface area (Å²) in [5.41, 5.74) is 0. The van der Waals surface area contributed by atoms with Gasteiger partial charge in [0.2, 0.25) is 6.29 Å². The van der Waals surface area contributed by atoms with E-state index in [1.165, 1.54) is 18.9 Å². The van der Waals surface area contributed by atoms with Crippen LogP contribution in [0.3, 0.4) is 0 Å². The van der Waals surface area contributed by atoms with Gasteiger partial charge in [0.15, 0.2) is 0 Å². The summed E-state index contributed by atoms with van der Waals surface area (Å²) in [7, 11) is 0. The molecule has 0 radical (unpaired) electrons. The van der Waals surface area contributed by atoms with Crippen LogP contribution in [0.4, 0.5) is 0 Å². The molecule has 0 N–H and O–H groups in total. The molecular weight excluding hydrogens is 216 g/mol. The molecule has 3 nitrogen and oxygen atoms in total. The molecule has 4 atom stereocenters. The first-order valence-corrected chi connectivity index (χ1v) is 6.60. The second kappa shape index (κ2) is 5.21. The molecule has 0 aromatic heterocycles. The minimum Gasteiger partial charge on any atom is -0.429 e. The zero-order valence-corrected chi connectivity index (χ0v) is 10.9. The number of cyclic esters (lactones) is 1. The van der Waals surface area contributed by atoms with Crippen LogP contribution in [0.25, 0.3) is 0 Å². The molecule has 2 rings (SSSR count). The number of ether oxygens (including phenoxy) is 2. The van der Waals surface area contributed by atoms with Crippen molar-refractivity contribution in [1.82, 2.24) is 0 Å².